The number of nitrogens with one attached hydrogen (secondary N) is 1. The van der Waals surface area contributed by atoms with Crippen molar-refractivity contribution in [1.29, 1.82) is 0 Å². The molecule has 0 saturated heterocycles. The molecule has 0 saturated carbocycles. The van der Waals surface area contributed by atoms with E-state index in [-0.39, 0.29) is 5.91 Å². The van der Waals surface area contributed by atoms with E-state index in [2.05, 4.69) is 12.2 Å². The first-order valence-electron chi connectivity index (χ1n) is 6.78. The lowest BCUT2D eigenvalue weighted by Crippen LogP contribution is -2.13. The Bertz CT molecular complexity index is 630. The highest BCUT2D eigenvalue weighted by atomic mass is 16.1. The number of rotatable bonds is 3. The molecular weight excluding hydrogens is 248 g/mol. The van der Waals surface area contributed by atoms with Gasteiger partial charge in [0.05, 0.1) is 0 Å². The number of benzene rings is 2. The van der Waals surface area contributed by atoms with Crippen LogP contribution in [0.2, 0.25) is 0 Å². The van der Waals surface area contributed by atoms with Crippen LogP contribution in [-0.2, 0) is 6.42 Å². The Labute approximate surface area is 119 Å². The van der Waals surface area contributed by atoms with Gasteiger partial charge in [-0.15, -0.1) is 0 Å². The number of nitrogens with two attached hydrogens (primary N) is 1. The highest BCUT2D eigenvalue weighted by Gasteiger charge is 2.09. The fraction of sp³-hybridized carbons (Fsp3) is 0.235. The molecule has 2 rings (SSSR count). The summed E-state index contributed by atoms with van der Waals surface area (Å²) in [6.45, 7) is 6.01. The molecule has 0 fully saturated rings. The summed E-state index contributed by atoms with van der Waals surface area (Å²) in [5.74, 6) is -0.112. The number of anilines is 2. The maximum Gasteiger partial charge on any atom is 0.255 e. The van der Waals surface area contributed by atoms with Gasteiger partial charge < -0.3 is 11.1 Å². The van der Waals surface area contributed by atoms with E-state index in [9.17, 15) is 4.79 Å². The number of hydrogen-bond donors (Lipinski definition) is 2. The Morgan fingerprint density at radius 1 is 1.10 bits per heavy atom. The van der Waals surface area contributed by atoms with Crippen LogP contribution in [0.5, 0.6) is 0 Å². The molecule has 2 aromatic carbocycles. The molecule has 0 aliphatic rings. The van der Waals surface area contributed by atoms with Crippen LogP contribution >= 0.6 is 0 Å². The summed E-state index contributed by atoms with van der Waals surface area (Å²) in [7, 11) is 0. The molecule has 0 bridgehead atoms. The van der Waals surface area contributed by atoms with Crippen LogP contribution in [0.4, 0.5) is 11.4 Å². The Morgan fingerprint density at radius 3 is 2.35 bits per heavy atom. The van der Waals surface area contributed by atoms with Gasteiger partial charge in [-0.25, -0.2) is 0 Å². The minimum Gasteiger partial charge on any atom is -0.398 e. The quantitative estimate of drug-likeness (QED) is 0.834. The first-order chi connectivity index (χ1) is 9.51. The molecule has 0 aliphatic heterocycles. The average molecular weight is 268 g/mol. The predicted molar refractivity (Wildman–Crippen MR) is 84.1 cm³/mol. The van der Waals surface area contributed by atoms with Gasteiger partial charge in [0.1, 0.15) is 0 Å². The van der Waals surface area contributed by atoms with Crippen LogP contribution in [-0.4, -0.2) is 5.91 Å². The van der Waals surface area contributed by atoms with E-state index in [4.69, 9.17) is 5.73 Å². The normalized spacial score (nSPS) is 10.3. The van der Waals surface area contributed by atoms with E-state index in [0.29, 0.717) is 11.3 Å². The zero-order valence-electron chi connectivity index (χ0n) is 12.2. The summed E-state index contributed by atoms with van der Waals surface area (Å²) < 4.78 is 0. The van der Waals surface area contributed by atoms with Crippen molar-refractivity contribution in [2.75, 3.05) is 11.1 Å². The highest BCUT2D eigenvalue weighted by molar-refractivity contribution is 6.04. The first kappa shape index (κ1) is 14.1. The summed E-state index contributed by atoms with van der Waals surface area (Å²) in [4.78, 5) is 12.2. The van der Waals surface area contributed by atoms with Gasteiger partial charge in [0.15, 0.2) is 0 Å². The molecule has 0 aliphatic carbocycles. The van der Waals surface area contributed by atoms with E-state index in [0.717, 1.165) is 23.2 Å². The Hall–Kier alpha value is -2.29. The highest BCUT2D eigenvalue weighted by Crippen LogP contribution is 2.22. The number of aryl methyl sites for hydroxylation is 3. The summed E-state index contributed by atoms with van der Waals surface area (Å²) in [5, 5.41) is 2.91. The van der Waals surface area contributed by atoms with Crippen molar-refractivity contribution in [1.82, 2.24) is 0 Å². The lowest BCUT2D eigenvalue weighted by atomic mass is 10.1. The van der Waals surface area contributed by atoms with Crippen LogP contribution < -0.4 is 11.1 Å². The molecular formula is C17H20N2O. The minimum atomic E-state index is -0.112. The number of hydrogen-bond acceptors (Lipinski definition) is 2. The third-order valence-corrected chi connectivity index (χ3v) is 3.49. The monoisotopic (exact) mass is 268 g/mol. The lowest BCUT2D eigenvalue weighted by molar-refractivity contribution is 0.102. The largest absolute Gasteiger partial charge is 0.398 e. The molecule has 0 spiro atoms. The van der Waals surface area contributed by atoms with Crippen LogP contribution in [0, 0.1) is 13.8 Å². The molecule has 0 unspecified atom stereocenters. The van der Waals surface area contributed by atoms with Crippen molar-refractivity contribution in [3.8, 4) is 0 Å². The van der Waals surface area contributed by atoms with E-state index < -0.39 is 0 Å². The fourth-order valence-corrected chi connectivity index (χ4v) is 2.09. The summed E-state index contributed by atoms with van der Waals surface area (Å²) >= 11 is 0. The third-order valence-electron chi connectivity index (χ3n) is 3.49. The molecule has 1 amide bonds. The van der Waals surface area contributed by atoms with E-state index in [1.165, 1.54) is 5.56 Å². The van der Waals surface area contributed by atoms with Gasteiger partial charge in [-0.05, 0) is 55.2 Å². The van der Waals surface area contributed by atoms with Crippen LogP contribution in [0.3, 0.4) is 0 Å². The number of carbonyl (C=O) groups excluding carboxylic acids is 1. The maximum atomic E-state index is 12.2. The Morgan fingerprint density at radius 2 is 1.75 bits per heavy atom. The minimum absolute atomic E-state index is 0.112. The molecule has 20 heavy (non-hydrogen) atoms. The lowest BCUT2D eigenvalue weighted by Gasteiger charge is -2.11. The van der Waals surface area contributed by atoms with Gasteiger partial charge >= 0.3 is 0 Å². The second-order valence-corrected chi connectivity index (χ2v) is 5.03. The molecule has 0 heterocycles. The van der Waals surface area contributed by atoms with Crippen molar-refractivity contribution in [3.63, 3.8) is 0 Å². The topological polar surface area (TPSA) is 55.1 Å². The second kappa shape index (κ2) is 5.78. The van der Waals surface area contributed by atoms with Crippen molar-refractivity contribution < 1.29 is 4.79 Å². The van der Waals surface area contributed by atoms with Crippen molar-refractivity contribution in [2.24, 2.45) is 0 Å². The zero-order valence-corrected chi connectivity index (χ0v) is 12.2. The third kappa shape index (κ3) is 2.99. The van der Waals surface area contributed by atoms with Crippen LogP contribution in [0.25, 0.3) is 0 Å². The molecule has 3 N–H and O–H groups in total. The van der Waals surface area contributed by atoms with Gasteiger partial charge in [-0.2, -0.15) is 0 Å². The summed E-state index contributed by atoms with van der Waals surface area (Å²) in [5.41, 5.74) is 11.2. The molecule has 0 aromatic heterocycles. The molecule has 3 nitrogen and oxygen atoms in total. The Balaban J connectivity index is 2.20. The summed E-state index contributed by atoms with van der Waals surface area (Å²) in [6.07, 6.45) is 0.968. The SMILES string of the molecule is CCc1ccc(C(=O)Nc2cc(N)c(C)cc2C)cc1. The zero-order chi connectivity index (χ0) is 14.7. The standard InChI is InChI=1S/C17H20N2O/c1-4-13-5-7-14(8-6-13)17(20)19-16-10-15(18)11(2)9-12(16)3/h5-10H,4,18H2,1-3H3,(H,19,20). The van der Waals surface area contributed by atoms with Gasteiger partial charge in [0.25, 0.3) is 5.91 Å². The van der Waals surface area contributed by atoms with Crippen LogP contribution in [0.1, 0.15) is 34.0 Å². The summed E-state index contributed by atoms with van der Waals surface area (Å²) in [6, 6.07) is 11.4. The van der Waals surface area contributed by atoms with Crippen LogP contribution in [0.15, 0.2) is 36.4 Å². The molecule has 104 valence electrons. The van der Waals surface area contributed by atoms with E-state index >= 15 is 0 Å². The molecule has 0 atom stereocenters. The smallest absolute Gasteiger partial charge is 0.255 e. The fourth-order valence-electron chi connectivity index (χ4n) is 2.09. The van der Waals surface area contributed by atoms with Gasteiger partial charge in [-0.3, -0.25) is 4.79 Å². The van der Waals surface area contributed by atoms with Crippen molar-refractivity contribution in [2.45, 2.75) is 27.2 Å². The average Bonchev–Trinajstić information content (AvgIpc) is 2.44. The van der Waals surface area contributed by atoms with Gasteiger partial charge in [0.2, 0.25) is 0 Å². The number of nitrogen functional groups attached to an aromatic ring is 1. The maximum absolute atomic E-state index is 12.2. The van der Waals surface area contributed by atoms with Gasteiger partial charge in [0, 0.05) is 16.9 Å². The second-order valence-electron chi connectivity index (χ2n) is 5.03. The molecule has 2 aromatic rings. The first-order valence-corrected chi connectivity index (χ1v) is 6.78. The van der Waals surface area contributed by atoms with E-state index in [1.807, 2.05) is 50.2 Å². The molecule has 0 radical (unpaired) electrons. The number of amides is 1. The van der Waals surface area contributed by atoms with Gasteiger partial charge in [-0.1, -0.05) is 25.1 Å². The van der Waals surface area contributed by atoms with E-state index in [1.54, 1.807) is 0 Å². The molecule has 3 heteroatoms. The van der Waals surface area contributed by atoms with Crippen molar-refractivity contribution >= 4 is 17.3 Å². The predicted octanol–water partition coefficient (Wildman–Crippen LogP) is 3.70. The van der Waals surface area contributed by atoms with Crippen molar-refractivity contribution in [3.05, 3.63) is 58.7 Å². The number of carbonyl (C=O) groups is 1. The Kier molecular flexibility index (Phi) is 4.08.